The summed E-state index contributed by atoms with van der Waals surface area (Å²) >= 11 is 0. The maximum atomic E-state index is 5.72. The first-order valence-corrected chi connectivity index (χ1v) is 5.17. The number of nitrogens with two attached hydrogens (primary N) is 1. The van der Waals surface area contributed by atoms with E-state index in [0.717, 1.165) is 23.4 Å². The van der Waals surface area contributed by atoms with Crippen LogP contribution in [0.1, 0.15) is 11.1 Å². The molecule has 0 aromatic heterocycles. The SMILES string of the molecule is COc1cccc(Cc2[c]ccc(N)c2)c1. The van der Waals surface area contributed by atoms with Crippen LogP contribution in [0.3, 0.4) is 0 Å². The number of rotatable bonds is 3. The third kappa shape index (κ3) is 2.54. The van der Waals surface area contributed by atoms with Gasteiger partial charge >= 0.3 is 0 Å². The Morgan fingerprint density at radius 1 is 1.25 bits per heavy atom. The van der Waals surface area contributed by atoms with Crippen molar-refractivity contribution >= 4 is 5.69 Å². The molecule has 0 amide bonds. The van der Waals surface area contributed by atoms with Crippen LogP contribution in [-0.2, 0) is 6.42 Å². The predicted molar refractivity (Wildman–Crippen MR) is 65.5 cm³/mol. The van der Waals surface area contributed by atoms with Crippen LogP contribution in [0.4, 0.5) is 5.69 Å². The van der Waals surface area contributed by atoms with E-state index in [9.17, 15) is 0 Å². The fourth-order valence-electron chi connectivity index (χ4n) is 1.64. The molecule has 0 saturated heterocycles. The van der Waals surface area contributed by atoms with E-state index in [1.54, 1.807) is 7.11 Å². The highest BCUT2D eigenvalue weighted by atomic mass is 16.5. The van der Waals surface area contributed by atoms with E-state index in [0.29, 0.717) is 0 Å². The van der Waals surface area contributed by atoms with Gasteiger partial charge < -0.3 is 10.5 Å². The number of hydrogen-bond donors (Lipinski definition) is 1. The van der Waals surface area contributed by atoms with Crippen LogP contribution in [0.5, 0.6) is 5.75 Å². The summed E-state index contributed by atoms with van der Waals surface area (Å²) in [6.45, 7) is 0. The molecule has 2 aromatic carbocycles. The zero-order valence-corrected chi connectivity index (χ0v) is 9.23. The summed E-state index contributed by atoms with van der Waals surface area (Å²) < 4.78 is 5.18. The topological polar surface area (TPSA) is 35.2 Å². The second-order valence-electron chi connectivity index (χ2n) is 3.68. The van der Waals surface area contributed by atoms with E-state index in [2.05, 4.69) is 12.1 Å². The number of hydrogen-bond acceptors (Lipinski definition) is 2. The second-order valence-corrected chi connectivity index (χ2v) is 3.68. The summed E-state index contributed by atoms with van der Waals surface area (Å²) in [5, 5.41) is 0. The quantitative estimate of drug-likeness (QED) is 0.794. The minimum Gasteiger partial charge on any atom is -0.497 e. The minimum atomic E-state index is 0.775. The van der Waals surface area contributed by atoms with Crippen LogP contribution >= 0.6 is 0 Å². The van der Waals surface area contributed by atoms with Gasteiger partial charge in [-0.25, -0.2) is 0 Å². The molecule has 1 radical (unpaired) electrons. The Kier molecular flexibility index (Phi) is 3.10. The Labute approximate surface area is 95.7 Å². The van der Waals surface area contributed by atoms with Gasteiger partial charge in [0.2, 0.25) is 0 Å². The van der Waals surface area contributed by atoms with Crippen molar-refractivity contribution in [3.8, 4) is 5.75 Å². The lowest BCUT2D eigenvalue weighted by atomic mass is 10.0. The molecule has 0 fully saturated rings. The van der Waals surface area contributed by atoms with Crippen molar-refractivity contribution in [2.45, 2.75) is 6.42 Å². The van der Waals surface area contributed by atoms with E-state index in [1.165, 1.54) is 5.56 Å². The van der Waals surface area contributed by atoms with Gasteiger partial charge in [-0.1, -0.05) is 18.2 Å². The minimum absolute atomic E-state index is 0.775. The van der Waals surface area contributed by atoms with E-state index in [1.807, 2.05) is 36.4 Å². The van der Waals surface area contributed by atoms with Crippen LogP contribution in [-0.4, -0.2) is 7.11 Å². The van der Waals surface area contributed by atoms with Crippen molar-refractivity contribution < 1.29 is 4.74 Å². The van der Waals surface area contributed by atoms with Crippen molar-refractivity contribution in [1.29, 1.82) is 0 Å². The Bertz CT molecular complexity index is 480. The van der Waals surface area contributed by atoms with E-state index < -0.39 is 0 Å². The van der Waals surface area contributed by atoms with Gasteiger partial charge in [-0.2, -0.15) is 0 Å². The molecule has 2 aromatic rings. The Morgan fingerprint density at radius 3 is 2.88 bits per heavy atom. The number of anilines is 1. The molecule has 0 unspecified atom stereocenters. The lowest BCUT2D eigenvalue weighted by Crippen LogP contribution is -1.92. The molecule has 0 atom stereocenters. The van der Waals surface area contributed by atoms with E-state index >= 15 is 0 Å². The molecule has 81 valence electrons. The normalized spacial score (nSPS) is 10.1. The van der Waals surface area contributed by atoms with Crippen LogP contribution in [0.15, 0.2) is 42.5 Å². The Hall–Kier alpha value is -1.96. The number of ether oxygens (including phenoxy) is 1. The summed E-state index contributed by atoms with van der Waals surface area (Å²) in [6.07, 6.45) is 0.822. The molecule has 2 N–H and O–H groups in total. The number of benzene rings is 2. The molecule has 0 aliphatic heterocycles. The van der Waals surface area contributed by atoms with Gasteiger partial charge in [-0.05, 0) is 47.9 Å². The average molecular weight is 212 g/mol. The Balaban J connectivity index is 2.20. The average Bonchev–Trinajstić information content (AvgIpc) is 2.29. The lowest BCUT2D eigenvalue weighted by molar-refractivity contribution is 0.414. The molecule has 0 bridgehead atoms. The van der Waals surface area contributed by atoms with Crippen LogP contribution in [0.2, 0.25) is 0 Å². The maximum absolute atomic E-state index is 5.72. The summed E-state index contributed by atoms with van der Waals surface area (Å²) in [4.78, 5) is 0. The predicted octanol–water partition coefficient (Wildman–Crippen LogP) is 2.67. The van der Waals surface area contributed by atoms with Crippen molar-refractivity contribution in [3.05, 3.63) is 59.7 Å². The van der Waals surface area contributed by atoms with Crippen LogP contribution in [0, 0.1) is 6.07 Å². The van der Waals surface area contributed by atoms with Gasteiger partial charge in [0.1, 0.15) is 5.75 Å². The molecule has 0 spiro atoms. The first-order valence-electron chi connectivity index (χ1n) is 5.17. The van der Waals surface area contributed by atoms with Gasteiger partial charge in [0, 0.05) is 5.69 Å². The number of nitrogen functional groups attached to an aromatic ring is 1. The fourth-order valence-corrected chi connectivity index (χ4v) is 1.64. The van der Waals surface area contributed by atoms with Crippen molar-refractivity contribution in [2.75, 3.05) is 12.8 Å². The van der Waals surface area contributed by atoms with E-state index in [4.69, 9.17) is 10.5 Å². The lowest BCUT2D eigenvalue weighted by Gasteiger charge is -2.05. The van der Waals surface area contributed by atoms with Crippen LogP contribution < -0.4 is 10.5 Å². The largest absolute Gasteiger partial charge is 0.497 e. The standard InChI is InChI=1S/C14H14NO/c1-16-14-7-3-5-12(10-14)8-11-4-2-6-13(15)9-11/h2-3,5-7,9-10H,8,15H2,1H3. The molecule has 2 heteroatoms. The van der Waals surface area contributed by atoms with Crippen LogP contribution in [0.25, 0.3) is 0 Å². The van der Waals surface area contributed by atoms with Gasteiger partial charge in [0.25, 0.3) is 0 Å². The van der Waals surface area contributed by atoms with Gasteiger partial charge in [-0.3, -0.25) is 0 Å². The molecule has 2 rings (SSSR count). The molecule has 2 nitrogen and oxygen atoms in total. The highest BCUT2D eigenvalue weighted by Crippen LogP contribution is 2.16. The molecule has 0 saturated carbocycles. The molecule has 0 heterocycles. The van der Waals surface area contributed by atoms with Gasteiger partial charge in [0.15, 0.2) is 0 Å². The van der Waals surface area contributed by atoms with Crippen molar-refractivity contribution in [3.63, 3.8) is 0 Å². The summed E-state index contributed by atoms with van der Waals surface area (Å²) in [7, 11) is 1.67. The smallest absolute Gasteiger partial charge is 0.119 e. The first kappa shape index (κ1) is 10.6. The third-order valence-corrected chi connectivity index (χ3v) is 2.41. The maximum Gasteiger partial charge on any atom is 0.119 e. The molecule has 0 aliphatic carbocycles. The number of methoxy groups -OCH3 is 1. The van der Waals surface area contributed by atoms with Gasteiger partial charge in [-0.15, -0.1) is 0 Å². The molecule has 16 heavy (non-hydrogen) atoms. The zero-order chi connectivity index (χ0) is 11.4. The van der Waals surface area contributed by atoms with Crippen molar-refractivity contribution in [2.24, 2.45) is 0 Å². The molecule has 0 aliphatic rings. The monoisotopic (exact) mass is 212 g/mol. The fraction of sp³-hybridized carbons (Fsp3) is 0.143. The first-order chi connectivity index (χ1) is 7.78. The molecular formula is C14H14NO. The summed E-state index contributed by atoms with van der Waals surface area (Å²) in [6, 6.07) is 16.8. The summed E-state index contributed by atoms with van der Waals surface area (Å²) in [5.41, 5.74) is 8.78. The molecular weight excluding hydrogens is 198 g/mol. The zero-order valence-electron chi connectivity index (χ0n) is 9.23. The summed E-state index contributed by atoms with van der Waals surface area (Å²) in [5.74, 6) is 0.876. The highest BCUT2D eigenvalue weighted by Gasteiger charge is 1.99. The van der Waals surface area contributed by atoms with E-state index in [-0.39, 0.29) is 0 Å². The second kappa shape index (κ2) is 4.71. The third-order valence-electron chi connectivity index (χ3n) is 2.41. The van der Waals surface area contributed by atoms with Gasteiger partial charge in [0.05, 0.1) is 7.11 Å². The highest BCUT2D eigenvalue weighted by molar-refractivity contribution is 5.42. The van der Waals surface area contributed by atoms with Crippen molar-refractivity contribution in [1.82, 2.24) is 0 Å². The Morgan fingerprint density at radius 2 is 2.12 bits per heavy atom.